The minimum absolute atomic E-state index is 0.578. The zero-order valence-electron chi connectivity index (χ0n) is 14.5. The summed E-state index contributed by atoms with van der Waals surface area (Å²) in [6.07, 6.45) is 6.70. The third-order valence-electron chi connectivity index (χ3n) is 4.95. The number of hydrogen-bond acceptors (Lipinski definition) is 2. The highest BCUT2D eigenvalue weighted by atomic mass is 32.2. The fraction of sp³-hybridized carbons (Fsp3) is 0.600. The quantitative estimate of drug-likeness (QED) is 0.616. The van der Waals surface area contributed by atoms with Crippen LogP contribution in [0.3, 0.4) is 0 Å². The van der Waals surface area contributed by atoms with E-state index >= 15 is 0 Å². The molecule has 1 aliphatic carbocycles. The van der Waals surface area contributed by atoms with Crippen LogP contribution < -0.4 is 4.90 Å². The monoisotopic (exact) mass is 315 g/mol. The first-order valence-electron chi connectivity index (χ1n) is 8.84. The lowest BCUT2D eigenvalue weighted by atomic mass is 9.91. The van der Waals surface area contributed by atoms with Crippen molar-refractivity contribution in [1.29, 1.82) is 0 Å². The Morgan fingerprint density at radius 3 is 2.18 bits per heavy atom. The maximum atomic E-state index is 2.66. The van der Waals surface area contributed by atoms with E-state index in [1.807, 2.05) is 0 Å². The normalized spacial score (nSPS) is 19.1. The first-order valence-corrected chi connectivity index (χ1v) is 9.83. The van der Waals surface area contributed by atoms with E-state index in [2.05, 4.69) is 62.6 Å². The highest BCUT2D eigenvalue weighted by Gasteiger charge is 2.29. The van der Waals surface area contributed by atoms with Crippen LogP contribution >= 0.6 is 11.8 Å². The van der Waals surface area contributed by atoms with Crippen molar-refractivity contribution >= 4 is 17.4 Å². The van der Waals surface area contributed by atoms with Crippen LogP contribution in [0.5, 0.6) is 0 Å². The molecular formula is C20H29NS. The topological polar surface area (TPSA) is 3.24 Å². The van der Waals surface area contributed by atoms with Gasteiger partial charge in [-0.2, -0.15) is 0 Å². The van der Waals surface area contributed by atoms with Crippen LogP contribution in [0.1, 0.15) is 82.8 Å². The Morgan fingerprint density at radius 1 is 0.909 bits per heavy atom. The maximum absolute atomic E-state index is 2.66. The molecule has 0 spiro atoms. The van der Waals surface area contributed by atoms with E-state index in [-0.39, 0.29) is 0 Å². The molecule has 1 heterocycles. The summed E-state index contributed by atoms with van der Waals surface area (Å²) in [6, 6.07) is 6.93. The van der Waals surface area contributed by atoms with Crippen LogP contribution in [-0.2, 0) is 0 Å². The molecule has 0 saturated carbocycles. The molecule has 0 fully saturated rings. The molecule has 0 N–H and O–H groups in total. The summed E-state index contributed by atoms with van der Waals surface area (Å²) < 4.78 is 0. The summed E-state index contributed by atoms with van der Waals surface area (Å²) in [6.45, 7) is 9.31. The van der Waals surface area contributed by atoms with E-state index in [4.69, 9.17) is 0 Å². The molecule has 0 bridgehead atoms. The highest BCUT2D eigenvalue weighted by Crippen LogP contribution is 2.46. The van der Waals surface area contributed by atoms with Gasteiger partial charge in [-0.1, -0.05) is 52.3 Å². The maximum Gasteiger partial charge on any atom is 0.0729 e. The molecule has 1 nitrogen and oxygen atoms in total. The van der Waals surface area contributed by atoms with Crippen LogP contribution in [0.4, 0.5) is 5.69 Å². The third kappa shape index (κ3) is 2.95. The van der Waals surface area contributed by atoms with Crippen molar-refractivity contribution in [2.75, 3.05) is 10.8 Å². The number of thioether (sulfide) groups is 1. The molecule has 0 radical (unpaired) electrons. The molecule has 22 heavy (non-hydrogen) atoms. The Kier molecular flexibility index (Phi) is 4.87. The lowest BCUT2D eigenvalue weighted by Gasteiger charge is -2.30. The Bertz CT molecular complexity index is 545. The molecule has 0 amide bonds. The molecule has 0 unspecified atom stereocenters. The number of para-hydroxylation sites is 1. The summed E-state index contributed by atoms with van der Waals surface area (Å²) in [5.41, 5.74) is 6.19. The van der Waals surface area contributed by atoms with E-state index in [1.54, 1.807) is 10.6 Å². The second-order valence-electron chi connectivity index (χ2n) is 7.23. The minimum atomic E-state index is 0.578. The number of nitrogens with zero attached hydrogens (tertiary/aromatic N) is 1. The number of anilines is 1. The largest absolute Gasteiger partial charge is 0.334 e. The molecule has 1 aliphatic heterocycles. The first-order chi connectivity index (χ1) is 10.6. The summed E-state index contributed by atoms with van der Waals surface area (Å²) in [7, 11) is 0. The van der Waals surface area contributed by atoms with Crippen molar-refractivity contribution in [3.05, 3.63) is 39.9 Å². The first kappa shape index (κ1) is 16.0. The van der Waals surface area contributed by atoms with Gasteiger partial charge in [0.1, 0.15) is 0 Å². The zero-order valence-corrected chi connectivity index (χ0v) is 15.3. The Hall–Kier alpha value is -0.890. The van der Waals surface area contributed by atoms with Crippen LogP contribution in [0.2, 0.25) is 0 Å². The third-order valence-corrected chi connectivity index (χ3v) is 6.12. The van der Waals surface area contributed by atoms with Gasteiger partial charge in [-0.15, -0.1) is 11.8 Å². The molecule has 0 saturated heterocycles. The van der Waals surface area contributed by atoms with Gasteiger partial charge in [0, 0.05) is 16.3 Å². The number of hydrogen-bond donors (Lipinski definition) is 0. The fourth-order valence-corrected chi connectivity index (χ4v) is 4.96. The van der Waals surface area contributed by atoms with Gasteiger partial charge in [0.2, 0.25) is 0 Å². The fourth-order valence-electron chi connectivity index (χ4n) is 3.72. The van der Waals surface area contributed by atoms with Crippen molar-refractivity contribution in [3.8, 4) is 0 Å². The van der Waals surface area contributed by atoms with E-state index in [9.17, 15) is 0 Å². The molecular weight excluding hydrogens is 286 g/mol. The van der Waals surface area contributed by atoms with E-state index in [1.165, 1.54) is 48.9 Å². The Balaban J connectivity index is 2.09. The number of rotatable bonds is 3. The zero-order chi connectivity index (χ0) is 15.7. The van der Waals surface area contributed by atoms with Crippen molar-refractivity contribution in [3.63, 3.8) is 0 Å². The second-order valence-corrected chi connectivity index (χ2v) is 8.27. The SMILES string of the molecule is CC(C)c1cccc(C(C)C)c1N1CSC2=C1CCCCC2. The van der Waals surface area contributed by atoms with E-state index in [0.29, 0.717) is 11.8 Å². The molecule has 1 aromatic rings. The second kappa shape index (κ2) is 6.70. The Labute approximate surface area is 140 Å². The average molecular weight is 316 g/mol. The van der Waals surface area contributed by atoms with Gasteiger partial charge in [-0.05, 0) is 48.6 Å². The van der Waals surface area contributed by atoms with Crippen LogP contribution in [0.25, 0.3) is 0 Å². The Morgan fingerprint density at radius 2 is 1.55 bits per heavy atom. The van der Waals surface area contributed by atoms with Gasteiger partial charge in [0.05, 0.1) is 5.88 Å². The van der Waals surface area contributed by atoms with E-state index < -0.39 is 0 Å². The van der Waals surface area contributed by atoms with Gasteiger partial charge < -0.3 is 4.90 Å². The predicted molar refractivity (Wildman–Crippen MR) is 99.7 cm³/mol. The lowest BCUT2D eigenvalue weighted by molar-refractivity contribution is 0.702. The van der Waals surface area contributed by atoms with Crippen molar-refractivity contribution in [2.24, 2.45) is 0 Å². The standard InChI is InChI=1S/C20H29NS/c1-14(2)16-9-8-10-17(15(3)4)20(16)21-13-22-19-12-7-5-6-11-18(19)21/h8-10,14-15H,5-7,11-13H2,1-4H3. The van der Waals surface area contributed by atoms with Gasteiger partial charge in [0.15, 0.2) is 0 Å². The van der Waals surface area contributed by atoms with Gasteiger partial charge in [-0.3, -0.25) is 0 Å². The summed E-state index contributed by atoms with van der Waals surface area (Å²) >= 11 is 2.09. The van der Waals surface area contributed by atoms with E-state index in [0.717, 1.165) is 5.88 Å². The molecule has 2 heteroatoms. The minimum Gasteiger partial charge on any atom is -0.334 e. The summed E-state index contributed by atoms with van der Waals surface area (Å²) in [4.78, 5) is 4.33. The summed E-state index contributed by atoms with van der Waals surface area (Å²) in [5, 5.41) is 0. The van der Waals surface area contributed by atoms with Crippen LogP contribution in [0, 0.1) is 0 Å². The highest BCUT2D eigenvalue weighted by molar-refractivity contribution is 8.03. The smallest absolute Gasteiger partial charge is 0.0729 e. The molecule has 0 atom stereocenters. The number of benzene rings is 1. The molecule has 0 aromatic heterocycles. The van der Waals surface area contributed by atoms with Gasteiger partial charge in [-0.25, -0.2) is 0 Å². The average Bonchev–Trinajstić information content (AvgIpc) is 2.74. The van der Waals surface area contributed by atoms with Gasteiger partial charge in [0.25, 0.3) is 0 Å². The van der Waals surface area contributed by atoms with Crippen molar-refractivity contribution in [2.45, 2.75) is 71.6 Å². The van der Waals surface area contributed by atoms with Crippen molar-refractivity contribution < 1.29 is 0 Å². The van der Waals surface area contributed by atoms with Crippen LogP contribution in [-0.4, -0.2) is 5.88 Å². The molecule has 3 rings (SSSR count). The van der Waals surface area contributed by atoms with Crippen LogP contribution in [0.15, 0.2) is 28.8 Å². The summed E-state index contributed by atoms with van der Waals surface area (Å²) in [5.74, 6) is 2.27. The molecule has 120 valence electrons. The lowest BCUT2D eigenvalue weighted by Crippen LogP contribution is -2.22. The molecule has 2 aliphatic rings. The molecule has 1 aromatic carbocycles. The van der Waals surface area contributed by atoms with Gasteiger partial charge >= 0.3 is 0 Å². The van der Waals surface area contributed by atoms with Crippen molar-refractivity contribution in [1.82, 2.24) is 0 Å². The number of allylic oxidation sites excluding steroid dienone is 2. The predicted octanol–water partition coefficient (Wildman–Crippen LogP) is 6.62.